The van der Waals surface area contributed by atoms with Crippen LogP contribution in [0.15, 0.2) is 79.1 Å². The Morgan fingerprint density at radius 2 is 1.67 bits per heavy atom. The van der Waals surface area contributed by atoms with E-state index in [-0.39, 0.29) is 65.0 Å². The number of alkyl halides is 2. The van der Waals surface area contributed by atoms with E-state index in [4.69, 9.17) is 52.1 Å². The molecule has 320 valence electrons. The minimum atomic E-state index is -3.09. The Labute approximate surface area is 354 Å². The second-order valence-electron chi connectivity index (χ2n) is 14.9. The molecule has 8 rings (SSSR count). The first-order valence-corrected chi connectivity index (χ1v) is 20.2. The molecule has 2 N–H and O–H groups in total. The molecule has 4 aliphatic rings. The molecule has 3 atom stereocenters. The predicted molar refractivity (Wildman–Crippen MR) is 213 cm³/mol. The molecule has 0 spiro atoms. The molecule has 3 aliphatic heterocycles. The van der Waals surface area contributed by atoms with E-state index in [0.29, 0.717) is 40.5 Å². The number of carboxylic acid groups (broad SMARTS) is 1. The van der Waals surface area contributed by atoms with Crippen LogP contribution in [0.4, 0.5) is 13.2 Å². The number of carbonyl (C=O) groups is 3. The number of hydrogen-bond acceptors (Lipinski definition) is 10. The lowest BCUT2D eigenvalue weighted by atomic mass is 9.86. The van der Waals surface area contributed by atoms with Crippen LogP contribution in [0.3, 0.4) is 0 Å². The standard InChI is InChI=1S/C42H42Cl2F3N3O7.CH2O2/c43-32-21-50(53)22-33(44)31(32)19-36(29-10-11-35(57-42(46)47)37(18-29)54-24-25-8-9-25)55-39(51)17-26-4-3-5-27(16-26)20-48-40(30-6-1-2-7-34(30)45)41(52)56-38-23-49-14-12-28(38)13-15-49;2-1-3/h1-7,10-11,16,18,21-22,25,28,36,38,40,42,48H,8-9,12-15,17,19-20,23-24H2;1H,(H,2,3)/t36-,38-,40?;/m0./s1. The number of hydrogen-bond donors (Lipinski definition) is 2. The van der Waals surface area contributed by atoms with Gasteiger partial charge in [0.15, 0.2) is 23.9 Å². The number of nitrogens with zero attached hydrogens (tertiary/aromatic N) is 2. The molecule has 60 heavy (non-hydrogen) atoms. The predicted octanol–water partition coefficient (Wildman–Crippen LogP) is 7.39. The average Bonchev–Trinajstić information content (AvgIpc) is 4.05. The second-order valence-corrected chi connectivity index (χ2v) is 15.7. The van der Waals surface area contributed by atoms with Crippen LogP contribution in [0.5, 0.6) is 11.5 Å². The van der Waals surface area contributed by atoms with Gasteiger partial charge in [-0.15, -0.1) is 0 Å². The summed E-state index contributed by atoms with van der Waals surface area (Å²) in [5.41, 5.74) is 2.21. The number of carbonyl (C=O) groups excluding carboxylic acids is 2. The van der Waals surface area contributed by atoms with Crippen molar-refractivity contribution in [2.75, 3.05) is 26.2 Å². The van der Waals surface area contributed by atoms with Gasteiger partial charge < -0.3 is 29.3 Å². The van der Waals surface area contributed by atoms with Crippen molar-refractivity contribution >= 4 is 41.6 Å². The van der Waals surface area contributed by atoms with Crippen molar-refractivity contribution in [1.82, 2.24) is 10.2 Å². The molecule has 17 heteroatoms. The Kier molecular flexibility index (Phi) is 15.5. The van der Waals surface area contributed by atoms with Crippen LogP contribution in [-0.2, 0) is 43.2 Å². The smallest absolute Gasteiger partial charge is 0.387 e. The van der Waals surface area contributed by atoms with Crippen molar-refractivity contribution in [1.29, 1.82) is 0 Å². The number of esters is 2. The molecule has 3 aromatic carbocycles. The highest BCUT2D eigenvalue weighted by atomic mass is 35.5. The van der Waals surface area contributed by atoms with Crippen LogP contribution in [-0.4, -0.2) is 67.4 Å². The summed E-state index contributed by atoms with van der Waals surface area (Å²) in [6, 6.07) is 16.4. The summed E-state index contributed by atoms with van der Waals surface area (Å²) in [4.78, 5) is 37.9. The third-order valence-corrected chi connectivity index (χ3v) is 11.3. The minimum absolute atomic E-state index is 0.0444. The number of fused-ring (bicyclic) bond motifs is 3. The molecule has 1 unspecified atom stereocenters. The number of nitrogens with one attached hydrogen (secondary N) is 1. The van der Waals surface area contributed by atoms with Gasteiger partial charge in [0.25, 0.3) is 6.47 Å². The maximum atomic E-state index is 15.1. The van der Waals surface area contributed by atoms with E-state index in [1.54, 1.807) is 36.4 Å². The summed E-state index contributed by atoms with van der Waals surface area (Å²) in [5, 5.41) is 22.1. The van der Waals surface area contributed by atoms with E-state index in [0.717, 1.165) is 56.7 Å². The number of rotatable bonds is 17. The summed E-state index contributed by atoms with van der Waals surface area (Å²) < 4.78 is 64.7. The van der Waals surface area contributed by atoms with Crippen molar-refractivity contribution in [2.24, 2.45) is 11.8 Å². The van der Waals surface area contributed by atoms with E-state index in [2.05, 4.69) is 10.2 Å². The van der Waals surface area contributed by atoms with Gasteiger partial charge in [0.2, 0.25) is 0 Å². The first-order chi connectivity index (χ1) is 28.9. The highest BCUT2D eigenvalue weighted by Crippen LogP contribution is 2.38. The van der Waals surface area contributed by atoms with Crippen LogP contribution >= 0.6 is 23.2 Å². The van der Waals surface area contributed by atoms with Gasteiger partial charge in [-0.2, -0.15) is 13.5 Å². The van der Waals surface area contributed by atoms with E-state index in [1.807, 2.05) is 6.07 Å². The highest BCUT2D eigenvalue weighted by Gasteiger charge is 2.38. The maximum absolute atomic E-state index is 15.1. The van der Waals surface area contributed by atoms with Gasteiger partial charge in [0, 0.05) is 30.6 Å². The van der Waals surface area contributed by atoms with Crippen LogP contribution in [0.25, 0.3) is 0 Å². The van der Waals surface area contributed by atoms with Crippen LogP contribution < -0.4 is 19.5 Å². The van der Waals surface area contributed by atoms with Gasteiger partial charge >= 0.3 is 18.6 Å². The van der Waals surface area contributed by atoms with Gasteiger partial charge in [-0.1, -0.05) is 71.7 Å². The summed E-state index contributed by atoms with van der Waals surface area (Å²) >= 11 is 12.8. The summed E-state index contributed by atoms with van der Waals surface area (Å²) in [7, 11) is 0. The lowest BCUT2D eigenvalue weighted by Crippen LogP contribution is -2.52. The molecule has 12 nitrogen and oxygen atoms in total. The van der Waals surface area contributed by atoms with E-state index < -0.39 is 36.5 Å². The maximum Gasteiger partial charge on any atom is 0.387 e. The fourth-order valence-electron chi connectivity index (χ4n) is 7.39. The molecule has 3 saturated heterocycles. The molecular weight excluding hydrogens is 830 g/mol. The lowest BCUT2D eigenvalue weighted by Gasteiger charge is -2.44. The number of piperidine rings is 3. The van der Waals surface area contributed by atoms with Gasteiger partial charge in [-0.25, -0.2) is 9.18 Å². The zero-order valence-corrected chi connectivity index (χ0v) is 33.8. The Hall–Kier alpha value is -5.09. The molecule has 1 aromatic heterocycles. The van der Waals surface area contributed by atoms with Crippen molar-refractivity contribution in [2.45, 2.75) is 69.9 Å². The number of benzene rings is 3. The number of pyridine rings is 1. The zero-order valence-electron chi connectivity index (χ0n) is 32.3. The number of ether oxygens (including phenoxy) is 4. The molecule has 4 aromatic rings. The minimum Gasteiger partial charge on any atom is -0.619 e. The highest BCUT2D eigenvalue weighted by molar-refractivity contribution is 6.35. The van der Waals surface area contributed by atoms with Crippen molar-refractivity contribution in [3.8, 4) is 11.5 Å². The third kappa shape index (κ3) is 12.2. The molecule has 1 aliphatic carbocycles. The second kappa shape index (κ2) is 20.9. The quantitative estimate of drug-likeness (QED) is 0.0473. The first-order valence-electron chi connectivity index (χ1n) is 19.4. The normalized spacial score (nSPS) is 19.1. The number of halogens is 5. The topological polar surface area (TPSA) is 151 Å². The molecule has 0 radical (unpaired) electrons. The third-order valence-electron chi connectivity index (χ3n) is 10.6. The molecule has 4 fully saturated rings. The first kappa shape index (κ1) is 44.5. The van der Waals surface area contributed by atoms with Crippen molar-refractivity contribution in [3.05, 3.63) is 128 Å². The Morgan fingerprint density at radius 3 is 2.32 bits per heavy atom. The molecule has 4 heterocycles. The van der Waals surface area contributed by atoms with Gasteiger partial charge in [-0.05, 0) is 85.5 Å². The molecule has 2 bridgehead atoms. The Balaban J connectivity index is 0.00000195. The molecule has 1 saturated carbocycles. The van der Waals surface area contributed by atoms with Crippen LogP contribution in [0, 0.1) is 22.9 Å². The van der Waals surface area contributed by atoms with Crippen molar-refractivity contribution in [3.63, 3.8) is 0 Å². The monoisotopic (exact) mass is 873 g/mol. The zero-order chi connectivity index (χ0) is 42.8. The lowest BCUT2D eigenvalue weighted by molar-refractivity contribution is -0.605. The summed E-state index contributed by atoms with van der Waals surface area (Å²) in [6.07, 6.45) is 4.58. The Bertz CT molecular complexity index is 2100. The van der Waals surface area contributed by atoms with Crippen molar-refractivity contribution < 1.29 is 56.3 Å². The fourth-order valence-corrected chi connectivity index (χ4v) is 7.99. The van der Waals surface area contributed by atoms with Gasteiger partial charge in [-0.3, -0.25) is 19.8 Å². The molecule has 0 amide bonds. The van der Waals surface area contributed by atoms with E-state index in [1.165, 1.54) is 24.3 Å². The van der Waals surface area contributed by atoms with E-state index in [9.17, 15) is 23.6 Å². The average molecular weight is 875 g/mol. The van der Waals surface area contributed by atoms with Crippen LogP contribution in [0.1, 0.15) is 65.6 Å². The summed E-state index contributed by atoms with van der Waals surface area (Å²) in [6.45, 7) is -0.244. The van der Waals surface area contributed by atoms with E-state index >= 15 is 4.39 Å². The largest absolute Gasteiger partial charge is 0.619 e. The summed E-state index contributed by atoms with van der Waals surface area (Å²) in [5.74, 6) is -1.24. The SMILES string of the molecule is O=C(Cc1cccc(CNC(C(=O)O[C@H]2CN3CCC2CC3)c2ccccc2F)c1)O[C@@H](Cc1c(Cl)c[n+]([O-])cc1Cl)c1ccc(OC(F)F)c(OCC2CC2)c1.O=CO. The number of aromatic nitrogens is 1. The van der Waals surface area contributed by atoms with Gasteiger partial charge in [0.1, 0.15) is 34.1 Å². The van der Waals surface area contributed by atoms with Gasteiger partial charge in [0.05, 0.1) is 13.0 Å². The van der Waals surface area contributed by atoms with Crippen LogP contribution in [0.2, 0.25) is 10.0 Å². The fraction of sp³-hybridized carbons (Fsp3) is 0.395. The molecular formula is C43H44Cl2F3N3O9. The Morgan fingerprint density at radius 1 is 0.967 bits per heavy atom.